The predicted molar refractivity (Wildman–Crippen MR) is 107 cm³/mol. The Morgan fingerprint density at radius 2 is 2.00 bits per heavy atom. The lowest BCUT2D eigenvalue weighted by molar-refractivity contribution is 0.0697. The third kappa shape index (κ3) is 4.41. The topological polar surface area (TPSA) is 58.1 Å². The van der Waals surface area contributed by atoms with Crippen LogP contribution in [0, 0.1) is 5.92 Å². The second kappa shape index (κ2) is 8.16. The molecule has 0 saturated carbocycles. The first-order chi connectivity index (χ1) is 12.4. The SMILES string of the molecule is CC1CCN(C(=O)c2ccc(NC(C)c3csc(C(C)C)n3)nc2)CC1. The lowest BCUT2D eigenvalue weighted by atomic mass is 9.99. The highest BCUT2D eigenvalue weighted by Crippen LogP contribution is 2.25. The van der Waals surface area contributed by atoms with Gasteiger partial charge < -0.3 is 10.2 Å². The summed E-state index contributed by atoms with van der Waals surface area (Å²) in [5.74, 6) is 2.01. The zero-order valence-electron chi connectivity index (χ0n) is 16.0. The molecule has 3 heterocycles. The molecule has 26 heavy (non-hydrogen) atoms. The number of amides is 1. The molecule has 140 valence electrons. The lowest BCUT2D eigenvalue weighted by Crippen LogP contribution is -2.37. The summed E-state index contributed by atoms with van der Waals surface area (Å²) in [6.07, 6.45) is 3.85. The number of carbonyl (C=O) groups excluding carboxylic acids is 1. The maximum absolute atomic E-state index is 12.6. The summed E-state index contributed by atoms with van der Waals surface area (Å²) in [5, 5.41) is 6.62. The van der Waals surface area contributed by atoms with Crippen molar-refractivity contribution in [3.63, 3.8) is 0 Å². The molecule has 3 rings (SSSR count). The number of anilines is 1. The van der Waals surface area contributed by atoms with E-state index in [0.29, 0.717) is 17.4 Å². The van der Waals surface area contributed by atoms with Crippen LogP contribution in [0.25, 0.3) is 0 Å². The first-order valence-corrected chi connectivity index (χ1v) is 10.3. The molecule has 1 unspecified atom stereocenters. The van der Waals surface area contributed by atoms with Crippen molar-refractivity contribution in [2.45, 2.75) is 52.5 Å². The number of likely N-dealkylation sites (tertiary alicyclic amines) is 1. The zero-order valence-corrected chi connectivity index (χ0v) is 16.8. The van der Waals surface area contributed by atoms with Crippen LogP contribution >= 0.6 is 11.3 Å². The largest absolute Gasteiger partial charge is 0.362 e. The summed E-state index contributed by atoms with van der Waals surface area (Å²) in [7, 11) is 0. The normalized spacial score (nSPS) is 16.7. The van der Waals surface area contributed by atoms with Crippen molar-refractivity contribution in [1.82, 2.24) is 14.9 Å². The number of hydrogen-bond donors (Lipinski definition) is 1. The third-order valence-electron chi connectivity index (χ3n) is 4.92. The van der Waals surface area contributed by atoms with Gasteiger partial charge in [0.2, 0.25) is 0 Å². The number of thiazole rings is 1. The molecule has 1 aliphatic heterocycles. The lowest BCUT2D eigenvalue weighted by Gasteiger charge is -2.30. The Hall–Kier alpha value is -1.95. The molecular weight excluding hydrogens is 344 g/mol. The van der Waals surface area contributed by atoms with E-state index in [9.17, 15) is 4.79 Å². The van der Waals surface area contributed by atoms with E-state index in [1.54, 1.807) is 17.5 Å². The average molecular weight is 373 g/mol. The minimum absolute atomic E-state index is 0.0800. The molecule has 1 fully saturated rings. The molecule has 2 aromatic heterocycles. The van der Waals surface area contributed by atoms with Crippen LogP contribution in [0.2, 0.25) is 0 Å². The molecule has 1 N–H and O–H groups in total. The number of aromatic nitrogens is 2. The predicted octanol–water partition coefficient (Wildman–Crippen LogP) is 4.71. The van der Waals surface area contributed by atoms with Crippen LogP contribution < -0.4 is 5.32 Å². The number of carbonyl (C=O) groups is 1. The molecule has 0 spiro atoms. The molecule has 6 heteroatoms. The maximum Gasteiger partial charge on any atom is 0.255 e. The highest BCUT2D eigenvalue weighted by molar-refractivity contribution is 7.09. The van der Waals surface area contributed by atoms with Gasteiger partial charge in [0.25, 0.3) is 5.91 Å². The average Bonchev–Trinajstić information content (AvgIpc) is 3.13. The molecule has 1 aliphatic rings. The molecule has 1 atom stereocenters. The molecule has 1 saturated heterocycles. The number of nitrogens with one attached hydrogen (secondary N) is 1. The number of pyridine rings is 1. The summed E-state index contributed by atoms with van der Waals surface area (Å²) in [4.78, 5) is 23.6. The van der Waals surface area contributed by atoms with Gasteiger partial charge in [-0.3, -0.25) is 4.79 Å². The summed E-state index contributed by atoms with van der Waals surface area (Å²) < 4.78 is 0. The van der Waals surface area contributed by atoms with E-state index in [1.807, 2.05) is 17.0 Å². The molecule has 0 aliphatic carbocycles. The smallest absolute Gasteiger partial charge is 0.255 e. The van der Waals surface area contributed by atoms with Crippen LogP contribution in [0.3, 0.4) is 0 Å². The molecule has 0 aromatic carbocycles. The number of nitrogens with zero attached hydrogens (tertiary/aromatic N) is 3. The number of rotatable bonds is 5. The summed E-state index contributed by atoms with van der Waals surface area (Å²) in [6, 6.07) is 3.83. The van der Waals surface area contributed by atoms with E-state index in [1.165, 1.54) is 0 Å². The van der Waals surface area contributed by atoms with E-state index >= 15 is 0 Å². The van der Waals surface area contributed by atoms with Crippen LogP contribution in [0.4, 0.5) is 5.82 Å². The number of piperidine rings is 1. The molecule has 0 bridgehead atoms. The van der Waals surface area contributed by atoms with Gasteiger partial charge in [0, 0.05) is 30.6 Å². The zero-order chi connectivity index (χ0) is 18.7. The van der Waals surface area contributed by atoms with E-state index in [0.717, 1.165) is 42.5 Å². The Kier molecular flexibility index (Phi) is 5.91. The fourth-order valence-corrected chi connectivity index (χ4v) is 3.99. The van der Waals surface area contributed by atoms with E-state index in [4.69, 9.17) is 0 Å². The molecule has 5 nitrogen and oxygen atoms in total. The first-order valence-electron chi connectivity index (χ1n) is 9.41. The fourth-order valence-electron chi connectivity index (χ4n) is 3.06. The number of hydrogen-bond acceptors (Lipinski definition) is 5. The van der Waals surface area contributed by atoms with Gasteiger partial charge in [-0.15, -0.1) is 11.3 Å². The van der Waals surface area contributed by atoms with Crippen molar-refractivity contribution in [2.75, 3.05) is 18.4 Å². The Morgan fingerprint density at radius 3 is 2.58 bits per heavy atom. The van der Waals surface area contributed by atoms with Gasteiger partial charge >= 0.3 is 0 Å². The van der Waals surface area contributed by atoms with Gasteiger partial charge in [0.1, 0.15) is 5.82 Å². The van der Waals surface area contributed by atoms with Crippen molar-refractivity contribution < 1.29 is 4.79 Å². The van der Waals surface area contributed by atoms with Crippen molar-refractivity contribution in [3.8, 4) is 0 Å². The molecule has 0 radical (unpaired) electrons. The Bertz CT molecular complexity index is 733. The van der Waals surface area contributed by atoms with Crippen molar-refractivity contribution in [3.05, 3.63) is 40.0 Å². The van der Waals surface area contributed by atoms with Crippen LogP contribution in [0.15, 0.2) is 23.7 Å². The van der Waals surface area contributed by atoms with Crippen molar-refractivity contribution >= 4 is 23.1 Å². The summed E-state index contributed by atoms with van der Waals surface area (Å²) >= 11 is 1.70. The summed E-state index contributed by atoms with van der Waals surface area (Å²) in [5.41, 5.74) is 1.69. The van der Waals surface area contributed by atoms with E-state index in [-0.39, 0.29) is 11.9 Å². The standard InChI is InChI=1S/C20H28N4OS/c1-13(2)19-23-17(12-26-19)15(4)22-18-6-5-16(11-21-18)20(25)24-9-7-14(3)8-10-24/h5-6,11-15H,7-10H2,1-4H3,(H,21,22). The Morgan fingerprint density at radius 1 is 1.27 bits per heavy atom. The van der Waals surface area contributed by atoms with Crippen LogP contribution in [0.5, 0.6) is 0 Å². The minimum atomic E-state index is 0.0800. The van der Waals surface area contributed by atoms with Crippen LogP contribution in [0.1, 0.15) is 73.6 Å². The highest BCUT2D eigenvalue weighted by atomic mass is 32.1. The summed E-state index contributed by atoms with van der Waals surface area (Å²) in [6.45, 7) is 10.3. The van der Waals surface area contributed by atoms with Crippen molar-refractivity contribution in [2.24, 2.45) is 5.92 Å². The van der Waals surface area contributed by atoms with Crippen LogP contribution in [-0.4, -0.2) is 33.9 Å². The first kappa shape index (κ1) is 18.8. The van der Waals surface area contributed by atoms with E-state index in [2.05, 4.69) is 48.4 Å². The minimum Gasteiger partial charge on any atom is -0.362 e. The van der Waals surface area contributed by atoms with Crippen molar-refractivity contribution in [1.29, 1.82) is 0 Å². The highest BCUT2D eigenvalue weighted by Gasteiger charge is 2.21. The second-order valence-corrected chi connectivity index (χ2v) is 8.43. The second-order valence-electron chi connectivity index (χ2n) is 7.54. The van der Waals surface area contributed by atoms with E-state index < -0.39 is 0 Å². The molecule has 1 amide bonds. The molecular formula is C20H28N4OS. The third-order valence-corrected chi connectivity index (χ3v) is 6.09. The van der Waals surface area contributed by atoms with Gasteiger partial charge in [-0.2, -0.15) is 0 Å². The maximum atomic E-state index is 12.6. The fraction of sp³-hybridized carbons (Fsp3) is 0.550. The Balaban J connectivity index is 1.61. The van der Waals surface area contributed by atoms with Gasteiger partial charge in [-0.05, 0) is 37.8 Å². The van der Waals surface area contributed by atoms with Gasteiger partial charge in [0.05, 0.1) is 22.3 Å². The van der Waals surface area contributed by atoms with Gasteiger partial charge in [-0.1, -0.05) is 20.8 Å². The molecule has 2 aromatic rings. The van der Waals surface area contributed by atoms with Gasteiger partial charge in [0.15, 0.2) is 0 Å². The quantitative estimate of drug-likeness (QED) is 0.826. The monoisotopic (exact) mass is 372 g/mol. The Labute approximate surface area is 159 Å². The van der Waals surface area contributed by atoms with Gasteiger partial charge in [-0.25, -0.2) is 9.97 Å². The van der Waals surface area contributed by atoms with Crippen LogP contribution in [-0.2, 0) is 0 Å².